The van der Waals surface area contributed by atoms with Gasteiger partial charge in [-0.15, -0.1) is 0 Å². The van der Waals surface area contributed by atoms with Crippen LogP contribution in [0.3, 0.4) is 0 Å². The van der Waals surface area contributed by atoms with Crippen molar-refractivity contribution < 1.29 is 10.2 Å². The van der Waals surface area contributed by atoms with Crippen molar-refractivity contribution in [2.75, 3.05) is 6.54 Å². The molecule has 3 aliphatic rings. The Morgan fingerprint density at radius 2 is 1.84 bits per heavy atom. The molecular weight excluding hydrogens is 238 g/mol. The zero-order valence-corrected chi connectivity index (χ0v) is 11.1. The number of phenols is 2. The van der Waals surface area contributed by atoms with Gasteiger partial charge in [-0.3, -0.25) is 0 Å². The molecule has 1 aliphatic heterocycles. The fourth-order valence-electron chi connectivity index (χ4n) is 4.80. The lowest BCUT2D eigenvalue weighted by molar-refractivity contribution is 0.212. The third-order valence-electron chi connectivity index (χ3n) is 5.55. The van der Waals surface area contributed by atoms with Crippen LogP contribution in [0.2, 0.25) is 0 Å². The maximum atomic E-state index is 10.3. The van der Waals surface area contributed by atoms with E-state index in [1.807, 2.05) is 6.07 Å². The van der Waals surface area contributed by atoms with Crippen LogP contribution < -0.4 is 5.32 Å². The molecule has 2 unspecified atom stereocenters. The van der Waals surface area contributed by atoms with Crippen molar-refractivity contribution in [1.82, 2.24) is 5.32 Å². The first kappa shape index (κ1) is 11.6. The van der Waals surface area contributed by atoms with Gasteiger partial charge in [-0.1, -0.05) is 18.9 Å². The Balaban J connectivity index is 1.90. The van der Waals surface area contributed by atoms with Gasteiger partial charge in [0, 0.05) is 17.5 Å². The molecular formula is C16H21NO2. The Hall–Kier alpha value is -1.22. The van der Waals surface area contributed by atoms with Gasteiger partial charge in [-0.2, -0.15) is 0 Å². The molecule has 2 aliphatic carbocycles. The molecule has 1 heterocycles. The lowest BCUT2D eigenvalue weighted by atomic mass is 9.62. The number of fused-ring (bicyclic) bond motifs is 6. The molecule has 4 atom stereocenters. The molecule has 1 aromatic rings. The van der Waals surface area contributed by atoms with E-state index in [9.17, 15) is 10.2 Å². The molecule has 0 aromatic heterocycles. The third kappa shape index (κ3) is 1.54. The first-order chi connectivity index (χ1) is 9.27. The van der Waals surface area contributed by atoms with Gasteiger partial charge in [-0.05, 0) is 49.3 Å². The third-order valence-corrected chi connectivity index (χ3v) is 5.55. The van der Waals surface area contributed by atoms with E-state index in [1.165, 1.54) is 24.8 Å². The highest BCUT2D eigenvalue weighted by molar-refractivity contribution is 5.54. The summed E-state index contributed by atoms with van der Waals surface area (Å²) in [6, 6.07) is 4.29. The van der Waals surface area contributed by atoms with Gasteiger partial charge in [0.1, 0.15) is 0 Å². The number of aromatic hydroxyl groups is 2. The molecule has 1 saturated heterocycles. The number of rotatable bonds is 0. The van der Waals surface area contributed by atoms with Crippen molar-refractivity contribution in [1.29, 1.82) is 0 Å². The second-order valence-electron chi connectivity index (χ2n) is 6.37. The van der Waals surface area contributed by atoms with Crippen LogP contribution in [0.5, 0.6) is 11.5 Å². The molecule has 0 amide bonds. The summed E-state index contributed by atoms with van der Waals surface area (Å²) in [5.41, 5.74) is 2.35. The normalized spacial score (nSPS) is 36.4. The summed E-state index contributed by atoms with van der Waals surface area (Å²) in [5.74, 6) is 1.80. The van der Waals surface area contributed by atoms with Gasteiger partial charge in [0.15, 0.2) is 11.5 Å². The first-order valence-corrected chi connectivity index (χ1v) is 7.55. The smallest absolute Gasteiger partial charge is 0.161 e. The summed E-state index contributed by atoms with van der Waals surface area (Å²) in [4.78, 5) is 0. The Bertz CT molecular complexity index is 514. The van der Waals surface area contributed by atoms with Crippen molar-refractivity contribution >= 4 is 0 Å². The van der Waals surface area contributed by atoms with Crippen LogP contribution in [0.4, 0.5) is 0 Å². The molecule has 19 heavy (non-hydrogen) atoms. The number of benzene rings is 1. The van der Waals surface area contributed by atoms with E-state index in [1.54, 1.807) is 6.07 Å². The van der Waals surface area contributed by atoms with Crippen molar-refractivity contribution in [2.24, 2.45) is 5.92 Å². The quantitative estimate of drug-likeness (QED) is 0.628. The van der Waals surface area contributed by atoms with E-state index >= 15 is 0 Å². The van der Waals surface area contributed by atoms with Gasteiger partial charge < -0.3 is 15.5 Å². The van der Waals surface area contributed by atoms with Gasteiger partial charge in [0.05, 0.1) is 0 Å². The monoisotopic (exact) mass is 259 g/mol. The molecule has 3 N–H and O–H groups in total. The number of hydrogen-bond donors (Lipinski definition) is 3. The molecule has 0 bridgehead atoms. The highest BCUT2D eigenvalue weighted by atomic mass is 16.3. The lowest BCUT2D eigenvalue weighted by Gasteiger charge is -2.44. The van der Waals surface area contributed by atoms with Gasteiger partial charge in [-0.25, -0.2) is 0 Å². The fraction of sp³-hybridized carbons (Fsp3) is 0.625. The van der Waals surface area contributed by atoms with Gasteiger partial charge in [0.25, 0.3) is 0 Å². The second kappa shape index (κ2) is 4.14. The van der Waals surface area contributed by atoms with Crippen LogP contribution in [-0.4, -0.2) is 22.8 Å². The first-order valence-electron chi connectivity index (χ1n) is 7.55. The highest BCUT2D eigenvalue weighted by Gasteiger charge is 2.46. The summed E-state index contributed by atoms with van der Waals surface area (Å²) < 4.78 is 0. The van der Waals surface area contributed by atoms with E-state index in [4.69, 9.17) is 0 Å². The largest absolute Gasteiger partial charge is 0.504 e. The van der Waals surface area contributed by atoms with Gasteiger partial charge >= 0.3 is 0 Å². The summed E-state index contributed by atoms with van der Waals surface area (Å²) in [7, 11) is 0. The highest BCUT2D eigenvalue weighted by Crippen LogP contribution is 2.55. The molecule has 3 heteroatoms. The minimum Gasteiger partial charge on any atom is -0.504 e. The maximum absolute atomic E-state index is 10.3. The zero-order chi connectivity index (χ0) is 13.0. The van der Waals surface area contributed by atoms with Crippen molar-refractivity contribution in [3.8, 4) is 11.5 Å². The van der Waals surface area contributed by atoms with Crippen LogP contribution in [0.1, 0.15) is 55.1 Å². The van der Waals surface area contributed by atoms with Crippen LogP contribution in [0.25, 0.3) is 0 Å². The lowest BCUT2D eigenvalue weighted by Crippen LogP contribution is -2.42. The average Bonchev–Trinajstić information content (AvgIpc) is 2.92. The molecule has 1 aromatic carbocycles. The summed E-state index contributed by atoms with van der Waals surface area (Å²) >= 11 is 0. The standard InChI is InChI=1S/C16H21NO2/c18-13-6-5-10-12-7-8-17-15(12)11-4-2-1-3-9(11)14(10)16(13)19/h5-6,9,11-12,15,17-19H,1-4,7-8H2/t9-,11?,12?,15-/m1/s1. The van der Waals surface area contributed by atoms with E-state index in [0.29, 0.717) is 23.8 Å². The Kier molecular flexibility index (Phi) is 2.52. The Morgan fingerprint density at radius 3 is 2.74 bits per heavy atom. The minimum absolute atomic E-state index is 0.0486. The summed E-state index contributed by atoms with van der Waals surface area (Å²) in [5, 5.41) is 23.9. The SMILES string of the molecule is Oc1ccc2c(c1O)[C@@H]1CCCCC1[C@H]1NCCC21. The predicted molar refractivity (Wildman–Crippen MR) is 73.6 cm³/mol. The molecule has 3 nitrogen and oxygen atoms in total. The second-order valence-corrected chi connectivity index (χ2v) is 6.37. The van der Waals surface area contributed by atoms with Crippen molar-refractivity contribution in [2.45, 2.75) is 50.0 Å². The van der Waals surface area contributed by atoms with Crippen LogP contribution in [0, 0.1) is 5.92 Å². The number of hydrogen-bond acceptors (Lipinski definition) is 3. The van der Waals surface area contributed by atoms with Crippen molar-refractivity contribution in [3.05, 3.63) is 23.3 Å². The summed E-state index contributed by atoms with van der Waals surface area (Å²) in [6.45, 7) is 1.08. The topological polar surface area (TPSA) is 52.5 Å². The molecule has 2 fully saturated rings. The van der Waals surface area contributed by atoms with Gasteiger partial charge in [0.2, 0.25) is 0 Å². The average molecular weight is 259 g/mol. The fourth-order valence-corrected chi connectivity index (χ4v) is 4.80. The summed E-state index contributed by atoms with van der Waals surface area (Å²) in [6.07, 6.45) is 6.12. The van der Waals surface area contributed by atoms with Crippen LogP contribution >= 0.6 is 0 Å². The molecule has 102 valence electrons. The number of nitrogens with one attached hydrogen (secondary N) is 1. The maximum Gasteiger partial charge on any atom is 0.161 e. The van der Waals surface area contributed by atoms with Crippen LogP contribution in [0.15, 0.2) is 12.1 Å². The molecule has 4 rings (SSSR count). The van der Waals surface area contributed by atoms with E-state index in [2.05, 4.69) is 5.32 Å². The number of phenolic OH excluding ortho intramolecular Hbond substituents is 2. The zero-order valence-electron chi connectivity index (χ0n) is 11.1. The predicted octanol–water partition coefficient (Wildman–Crippen LogP) is 2.83. The Morgan fingerprint density at radius 1 is 1.00 bits per heavy atom. The van der Waals surface area contributed by atoms with Crippen molar-refractivity contribution in [3.63, 3.8) is 0 Å². The van der Waals surface area contributed by atoms with Crippen LogP contribution in [-0.2, 0) is 0 Å². The Labute approximate surface area is 113 Å². The van der Waals surface area contributed by atoms with E-state index in [-0.39, 0.29) is 11.5 Å². The minimum atomic E-state index is 0.0486. The van der Waals surface area contributed by atoms with E-state index in [0.717, 1.165) is 24.9 Å². The van der Waals surface area contributed by atoms with E-state index < -0.39 is 0 Å². The molecule has 0 spiro atoms. The molecule has 0 radical (unpaired) electrons. The molecule has 1 saturated carbocycles.